The number of aromatic nitrogens is 2. The van der Waals surface area contributed by atoms with Gasteiger partial charge >= 0.3 is 0 Å². The second kappa shape index (κ2) is 6.04. The summed E-state index contributed by atoms with van der Waals surface area (Å²) >= 11 is 0. The number of furan rings is 1. The quantitative estimate of drug-likeness (QED) is 0.281. The molecule has 0 radical (unpaired) electrons. The SMILES string of the molecule is CC1(C)c2nc3ccccc3nc2-c2cccc3oc4c(-c5ccccc5)ccc1c4c23. The Bertz CT molecular complexity index is 1690. The lowest BCUT2D eigenvalue weighted by Crippen LogP contribution is -2.22. The molecule has 0 atom stereocenters. The molecule has 6 aromatic rings. The maximum atomic E-state index is 6.54. The standard InChI is InChI=1S/C29H20N2O/c1-29(2)20-16-15-18(17-9-4-3-5-10-17)27-25(20)24-19(11-8-14-23(24)32-27)26-28(29)31-22-13-7-6-12-21(22)30-26/h3-16H,1-2H3. The molecule has 2 aromatic heterocycles. The van der Waals surface area contributed by atoms with Crippen LogP contribution in [0, 0.1) is 0 Å². The Hall–Kier alpha value is -3.98. The predicted octanol–water partition coefficient (Wildman–Crippen LogP) is 7.50. The van der Waals surface area contributed by atoms with Crippen LogP contribution < -0.4 is 0 Å². The molecule has 4 aromatic carbocycles. The lowest BCUT2D eigenvalue weighted by Gasteiger charge is -2.26. The van der Waals surface area contributed by atoms with E-state index in [-0.39, 0.29) is 5.41 Å². The van der Waals surface area contributed by atoms with E-state index in [0.717, 1.165) is 55.7 Å². The summed E-state index contributed by atoms with van der Waals surface area (Å²) in [6.07, 6.45) is 0. The van der Waals surface area contributed by atoms with Crippen LogP contribution in [0.2, 0.25) is 0 Å². The fraction of sp³-hybridized carbons (Fsp3) is 0.103. The summed E-state index contributed by atoms with van der Waals surface area (Å²) in [5.41, 5.74) is 9.85. The van der Waals surface area contributed by atoms with Gasteiger partial charge in [0.1, 0.15) is 11.2 Å². The van der Waals surface area contributed by atoms with Crippen molar-refractivity contribution >= 4 is 33.0 Å². The van der Waals surface area contributed by atoms with E-state index in [0.29, 0.717) is 0 Å². The largest absolute Gasteiger partial charge is 0.455 e. The topological polar surface area (TPSA) is 38.9 Å². The van der Waals surface area contributed by atoms with Crippen molar-refractivity contribution in [2.45, 2.75) is 19.3 Å². The smallest absolute Gasteiger partial charge is 0.143 e. The van der Waals surface area contributed by atoms with Crippen molar-refractivity contribution in [3.63, 3.8) is 0 Å². The molecule has 0 bridgehead atoms. The van der Waals surface area contributed by atoms with Crippen LogP contribution in [0.4, 0.5) is 0 Å². The second-order valence-electron chi connectivity index (χ2n) is 9.05. The average molecular weight is 412 g/mol. The predicted molar refractivity (Wildman–Crippen MR) is 130 cm³/mol. The lowest BCUT2D eigenvalue weighted by molar-refractivity contribution is 0.623. The average Bonchev–Trinajstić information content (AvgIpc) is 3.19. The van der Waals surface area contributed by atoms with E-state index in [9.17, 15) is 0 Å². The van der Waals surface area contributed by atoms with Gasteiger partial charge in [0.25, 0.3) is 0 Å². The van der Waals surface area contributed by atoms with Gasteiger partial charge in [-0.2, -0.15) is 0 Å². The monoisotopic (exact) mass is 412 g/mol. The molecule has 3 nitrogen and oxygen atoms in total. The Balaban J connectivity index is 1.69. The van der Waals surface area contributed by atoms with Gasteiger partial charge in [0.2, 0.25) is 0 Å². The van der Waals surface area contributed by atoms with Crippen molar-refractivity contribution < 1.29 is 4.42 Å². The highest BCUT2D eigenvalue weighted by atomic mass is 16.3. The van der Waals surface area contributed by atoms with E-state index in [1.54, 1.807) is 0 Å². The second-order valence-corrected chi connectivity index (χ2v) is 9.05. The van der Waals surface area contributed by atoms with Crippen molar-refractivity contribution in [2.75, 3.05) is 0 Å². The third-order valence-corrected chi connectivity index (χ3v) is 6.82. The molecule has 0 saturated heterocycles. The van der Waals surface area contributed by atoms with Gasteiger partial charge in [-0.05, 0) is 29.3 Å². The minimum Gasteiger partial charge on any atom is -0.455 e. The zero-order valence-electron chi connectivity index (χ0n) is 17.9. The minimum absolute atomic E-state index is 0.338. The van der Waals surface area contributed by atoms with Crippen LogP contribution in [0.25, 0.3) is 55.4 Å². The Morgan fingerprint density at radius 1 is 0.656 bits per heavy atom. The van der Waals surface area contributed by atoms with E-state index in [4.69, 9.17) is 14.4 Å². The number of fused-ring (bicyclic) bond motifs is 3. The summed E-state index contributed by atoms with van der Waals surface area (Å²) in [4.78, 5) is 10.3. The summed E-state index contributed by atoms with van der Waals surface area (Å²) < 4.78 is 6.54. The van der Waals surface area contributed by atoms with Crippen molar-refractivity contribution in [1.29, 1.82) is 0 Å². The van der Waals surface area contributed by atoms with Gasteiger partial charge in [0.05, 0.1) is 22.4 Å². The van der Waals surface area contributed by atoms with Crippen LogP contribution in [-0.4, -0.2) is 9.97 Å². The summed E-state index contributed by atoms with van der Waals surface area (Å²) in [6.45, 7) is 4.49. The summed E-state index contributed by atoms with van der Waals surface area (Å²) in [6, 6.07) is 29.3. The molecule has 152 valence electrons. The van der Waals surface area contributed by atoms with Gasteiger partial charge in [-0.15, -0.1) is 0 Å². The molecular formula is C29H20N2O. The highest BCUT2D eigenvalue weighted by Gasteiger charge is 2.36. The first-order valence-electron chi connectivity index (χ1n) is 10.9. The van der Waals surface area contributed by atoms with Crippen LogP contribution in [-0.2, 0) is 5.41 Å². The number of benzene rings is 4. The summed E-state index contributed by atoms with van der Waals surface area (Å²) in [5, 5.41) is 2.30. The molecule has 0 unspecified atom stereocenters. The highest BCUT2D eigenvalue weighted by Crippen LogP contribution is 2.50. The van der Waals surface area contributed by atoms with Gasteiger partial charge in [-0.25, -0.2) is 9.97 Å². The molecule has 0 aliphatic heterocycles. The van der Waals surface area contributed by atoms with E-state index in [1.165, 1.54) is 10.9 Å². The van der Waals surface area contributed by atoms with Crippen LogP contribution in [0.3, 0.4) is 0 Å². The van der Waals surface area contributed by atoms with Crippen LogP contribution >= 0.6 is 0 Å². The summed E-state index contributed by atoms with van der Waals surface area (Å²) in [5.74, 6) is 0. The molecule has 0 spiro atoms. The molecule has 32 heavy (non-hydrogen) atoms. The molecule has 7 rings (SSSR count). The molecule has 2 heterocycles. The van der Waals surface area contributed by atoms with Gasteiger partial charge in [0, 0.05) is 27.3 Å². The van der Waals surface area contributed by atoms with Gasteiger partial charge in [-0.1, -0.05) is 80.6 Å². The van der Waals surface area contributed by atoms with E-state index in [2.05, 4.69) is 68.4 Å². The third-order valence-electron chi connectivity index (χ3n) is 6.82. The Morgan fingerprint density at radius 2 is 1.41 bits per heavy atom. The van der Waals surface area contributed by atoms with Crippen molar-refractivity contribution in [3.8, 4) is 22.4 Å². The molecule has 0 amide bonds. The molecule has 1 aliphatic carbocycles. The van der Waals surface area contributed by atoms with Gasteiger partial charge < -0.3 is 4.42 Å². The van der Waals surface area contributed by atoms with Gasteiger partial charge in [0.15, 0.2) is 0 Å². The van der Waals surface area contributed by atoms with Crippen molar-refractivity contribution in [1.82, 2.24) is 9.97 Å². The highest BCUT2D eigenvalue weighted by molar-refractivity contribution is 6.18. The van der Waals surface area contributed by atoms with Gasteiger partial charge in [-0.3, -0.25) is 0 Å². The summed E-state index contributed by atoms with van der Waals surface area (Å²) in [7, 11) is 0. The number of hydrogen-bond acceptors (Lipinski definition) is 3. The third kappa shape index (κ3) is 2.20. The molecular weight excluding hydrogens is 392 g/mol. The van der Waals surface area contributed by atoms with E-state index >= 15 is 0 Å². The molecule has 0 saturated carbocycles. The number of rotatable bonds is 1. The first-order valence-corrected chi connectivity index (χ1v) is 10.9. The number of nitrogens with zero attached hydrogens (tertiary/aromatic N) is 2. The molecule has 3 heteroatoms. The van der Waals surface area contributed by atoms with E-state index < -0.39 is 0 Å². The maximum absolute atomic E-state index is 6.54. The fourth-order valence-corrected chi connectivity index (χ4v) is 5.24. The van der Waals surface area contributed by atoms with Crippen LogP contribution in [0.1, 0.15) is 25.1 Å². The lowest BCUT2D eigenvalue weighted by atomic mass is 9.79. The van der Waals surface area contributed by atoms with E-state index in [1.807, 2.05) is 30.3 Å². The minimum atomic E-state index is -0.338. The Labute approximate surface area is 185 Å². The Kier molecular flexibility index (Phi) is 3.34. The molecule has 0 fully saturated rings. The first-order chi connectivity index (χ1) is 15.6. The number of para-hydroxylation sites is 2. The van der Waals surface area contributed by atoms with Crippen LogP contribution in [0.15, 0.2) is 89.3 Å². The van der Waals surface area contributed by atoms with Crippen molar-refractivity contribution in [3.05, 3.63) is 96.2 Å². The Morgan fingerprint density at radius 3 is 2.22 bits per heavy atom. The normalized spacial score (nSPS) is 14.2. The molecule has 0 N–H and O–H groups in total. The zero-order valence-corrected chi connectivity index (χ0v) is 17.9. The fourth-order valence-electron chi connectivity index (χ4n) is 5.24. The number of hydrogen-bond donors (Lipinski definition) is 0. The van der Waals surface area contributed by atoms with Crippen LogP contribution in [0.5, 0.6) is 0 Å². The maximum Gasteiger partial charge on any atom is 0.143 e. The van der Waals surface area contributed by atoms with Crippen molar-refractivity contribution in [2.24, 2.45) is 0 Å². The zero-order chi connectivity index (χ0) is 21.4. The molecule has 1 aliphatic rings. The first kappa shape index (κ1) is 17.7.